The fourth-order valence-corrected chi connectivity index (χ4v) is 4.87. The molecule has 0 aliphatic carbocycles. The average molecular weight is 403 g/mol. The van der Waals surface area contributed by atoms with Crippen LogP contribution in [-0.2, 0) is 15.0 Å². The monoisotopic (exact) mass is 402 g/mol. The van der Waals surface area contributed by atoms with Gasteiger partial charge in [-0.05, 0) is 48.4 Å². The van der Waals surface area contributed by atoms with Crippen LogP contribution >= 0.6 is 11.6 Å². The van der Waals surface area contributed by atoms with E-state index < -0.39 is 11.1 Å². The molecule has 2 aromatic carbocycles. The molecule has 0 amide bonds. The van der Waals surface area contributed by atoms with Crippen molar-refractivity contribution < 1.29 is 18.6 Å². The lowest BCUT2D eigenvalue weighted by Crippen LogP contribution is -2.59. The normalized spacial score (nSPS) is 30.8. The van der Waals surface area contributed by atoms with Crippen LogP contribution in [0.3, 0.4) is 0 Å². The van der Waals surface area contributed by atoms with Crippen molar-refractivity contribution in [2.24, 2.45) is 16.6 Å². The van der Waals surface area contributed by atoms with Gasteiger partial charge in [0, 0.05) is 17.0 Å². The van der Waals surface area contributed by atoms with Crippen LogP contribution < -0.4 is 10.5 Å². The summed E-state index contributed by atoms with van der Waals surface area (Å²) in [6, 6.07) is 10.4. The van der Waals surface area contributed by atoms with Crippen LogP contribution in [0.5, 0.6) is 5.75 Å². The summed E-state index contributed by atoms with van der Waals surface area (Å²) >= 11 is 6.05. The smallest absolute Gasteiger partial charge is 0.283 e. The van der Waals surface area contributed by atoms with Gasteiger partial charge in [-0.25, -0.2) is 9.38 Å². The number of rotatable bonds is 1. The molecule has 3 heterocycles. The van der Waals surface area contributed by atoms with Crippen molar-refractivity contribution in [3.63, 3.8) is 0 Å². The lowest BCUT2D eigenvalue weighted by molar-refractivity contribution is -0.129. The number of hydrogen-bond donors (Lipinski definition) is 1. The van der Waals surface area contributed by atoms with E-state index in [4.69, 9.17) is 36.5 Å². The predicted molar refractivity (Wildman–Crippen MR) is 104 cm³/mol. The van der Waals surface area contributed by atoms with Crippen LogP contribution in [0.15, 0.2) is 41.4 Å². The lowest BCUT2D eigenvalue weighted by Gasteiger charge is -2.52. The van der Waals surface area contributed by atoms with Crippen molar-refractivity contribution >= 4 is 17.6 Å². The van der Waals surface area contributed by atoms with Crippen LogP contribution in [0.1, 0.15) is 18.9 Å². The third kappa shape index (κ3) is 2.58. The van der Waals surface area contributed by atoms with Gasteiger partial charge in [0.1, 0.15) is 29.3 Å². The zero-order chi connectivity index (χ0) is 19.5. The van der Waals surface area contributed by atoms with E-state index in [2.05, 4.69) is 6.92 Å². The molecule has 2 N–H and O–H groups in total. The summed E-state index contributed by atoms with van der Waals surface area (Å²) < 4.78 is 31.7. The Bertz CT molecular complexity index is 977. The Morgan fingerprint density at radius 2 is 2.07 bits per heavy atom. The molecule has 2 aromatic rings. The molecule has 1 spiro atoms. The Morgan fingerprint density at radius 1 is 1.21 bits per heavy atom. The Kier molecular flexibility index (Phi) is 3.87. The standard InChI is InChI=1S/C21H20ClFN2O3/c1-20-4-5-26-10-18(20)21(11-27-19(24)25-21)16-8-12(2-3-17(16)28-20)13-6-14(22)9-15(23)7-13/h2-3,6-9,18H,4-5,10-11H2,1H3,(H2,24,25). The van der Waals surface area contributed by atoms with Crippen LogP contribution in [0, 0.1) is 11.7 Å². The second-order valence-corrected chi connectivity index (χ2v) is 8.26. The maximum absolute atomic E-state index is 13.9. The van der Waals surface area contributed by atoms with Gasteiger partial charge in [0.05, 0.1) is 19.1 Å². The number of halogens is 2. The van der Waals surface area contributed by atoms with Gasteiger partial charge in [-0.3, -0.25) is 0 Å². The molecule has 1 fully saturated rings. The number of fused-ring (bicyclic) bond motifs is 4. The average Bonchev–Trinajstić information content (AvgIpc) is 3.03. The van der Waals surface area contributed by atoms with Crippen LogP contribution in [-0.4, -0.2) is 31.4 Å². The van der Waals surface area contributed by atoms with Gasteiger partial charge in [0.2, 0.25) is 0 Å². The van der Waals surface area contributed by atoms with Crippen molar-refractivity contribution in [2.45, 2.75) is 24.5 Å². The highest BCUT2D eigenvalue weighted by atomic mass is 35.5. The zero-order valence-electron chi connectivity index (χ0n) is 15.4. The lowest BCUT2D eigenvalue weighted by atomic mass is 9.66. The Hall–Kier alpha value is -2.31. The van der Waals surface area contributed by atoms with Gasteiger partial charge in [0.15, 0.2) is 0 Å². The fraction of sp³-hybridized carbons (Fsp3) is 0.381. The number of ether oxygens (including phenoxy) is 3. The van der Waals surface area contributed by atoms with E-state index in [1.54, 1.807) is 6.07 Å². The molecule has 5 rings (SSSR count). The molecule has 3 atom stereocenters. The molecule has 3 aliphatic rings. The second kappa shape index (κ2) is 6.09. The molecule has 3 unspecified atom stereocenters. The number of amidine groups is 1. The van der Waals surface area contributed by atoms with Gasteiger partial charge in [-0.1, -0.05) is 17.7 Å². The second-order valence-electron chi connectivity index (χ2n) is 7.82. The number of benzene rings is 2. The summed E-state index contributed by atoms with van der Waals surface area (Å²) in [5.74, 6) is 0.313. The zero-order valence-corrected chi connectivity index (χ0v) is 16.1. The highest BCUT2D eigenvalue weighted by molar-refractivity contribution is 6.30. The van der Waals surface area contributed by atoms with Gasteiger partial charge >= 0.3 is 0 Å². The molecule has 0 saturated carbocycles. The Labute approximate surface area is 167 Å². The van der Waals surface area contributed by atoms with Gasteiger partial charge < -0.3 is 19.9 Å². The largest absolute Gasteiger partial charge is 0.487 e. The van der Waals surface area contributed by atoms with Crippen molar-refractivity contribution in [1.82, 2.24) is 0 Å². The first-order chi connectivity index (χ1) is 13.4. The summed E-state index contributed by atoms with van der Waals surface area (Å²) in [6.45, 7) is 3.56. The summed E-state index contributed by atoms with van der Waals surface area (Å²) in [7, 11) is 0. The molecule has 0 radical (unpaired) electrons. The number of hydrogen-bond acceptors (Lipinski definition) is 5. The van der Waals surface area contributed by atoms with Crippen LogP contribution in [0.2, 0.25) is 5.02 Å². The first kappa shape index (κ1) is 17.8. The molecule has 146 valence electrons. The molecule has 0 bridgehead atoms. The van der Waals surface area contributed by atoms with Gasteiger partial charge in [0.25, 0.3) is 6.02 Å². The third-order valence-electron chi connectivity index (χ3n) is 6.08. The first-order valence-electron chi connectivity index (χ1n) is 9.26. The van der Waals surface area contributed by atoms with Crippen molar-refractivity contribution in [3.8, 4) is 16.9 Å². The fourth-order valence-electron chi connectivity index (χ4n) is 4.65. The Morgan fingerprint density at radius 3 is 2.82 bits per heavy atom. The quantitative estimate of drug-likeness (QED) is 0.786. The summed E-state index contributed by atoms with van der Waals surface area (Å²) in [5, 5.41) is 0.346. The minimum absolute atomic E-state index is 0.0475. The first-order valence-corrected chi connectivity index (χ1v) is 9.63. The van der Waals surface area contributed by atoms with E-state index in [-0.39, 0.29) is 17.8 Å². The van der Waals surface area contributed by atoms with E-state index in [0.717, 1.165) is 23.3 Å². The molecule has 0 aromatic heterocycles. The molecule has 7 heteroatoms. The molecular formula is C21H20ClFN2O3. The maximum Gasteiger partial charge on any atom is 0.283 e. The van der Waals surface area contributed by atoms with Crippen molar-refractivity contribution in [2.75, 3.05) is 19.8 Å². The van der Waals surface area contributed by atoms with Crippen LogP contribution in [0.25, 0.3) is 11.1 Å². The van der Waals surface area contributed by atoms with E-state index >= 15 is 0 Å². The highest BCUT2D eigenvalue weighted by Gasteiger charge is 2.59. The SMILES string of the molecule is CC12CCOCC1C1(COC(N)=N1)c1cc(-c3cc(F)cc(Cl)c3)ccc1O2. The van der Waals surface area contributed by atoms with Gasteiger partial charge in [-0.2, -0.15) is 0 Å². The topological polar surface area (TPSA) is 66.1 Å². The third-order valence-corrected chi connectivity index (χ3v) is 6.29. The van der Waals surface area contributed by atoms with Crippen molar-refractivity contribution in [1.29, 1.82) is 0 Å². The Balaban J connectivity index is 1.70. The predicted octanol–water partition coefficient (Wildman–Crippen LogP) is 3.87. The minimum atomic E-state index is -0.694. The number of nitrogens with zero attached hydrogens (tertiary/aromatic N) is 1. The molecule has 3 aliphatic heterocycles. The van der Waals surface area contributed by atoms with E-state index in [9.17, 15) is 4.39 Å². The van der Waals surface area contributed by atoms with E-state index in [0.29, 0.717) is 30.4 Å². The summed E-state index contributed by atoms with van der Waals surface area (Å²) in [5.41, 5.74) is 7.20. The molecule has 5 nitrogen and oxygen atoms in total. The van der Waals surface area contributed by atoms with Crippen LogP contribution in [0.4, 0.5) is 4.39 Å². The van der Waals surface area contributed by atoms with E-state index in [1.165, 1.54) is 12.1 Å². The summed E-state index contributed by atoms with van der Waals surface area (Å²) in [4.78, 5) is 4.73. The molecular weight excluding hydrogens is 383 g/mol. The minimum Gasteiger partial charge on any atom is -0.487 e. The highest BCUT2D eigenvalue weighted by Crippen LogP contribution is 2.54. The van der Waals surface area contributed by atoms with Gasteiger partial charge in [-0.15, -0.1) is 0 Å². The van der Waals surface area contributed by atoms with E-state index in [1.807, 2.05) is 18.2 Å². The van der Waals surface area contributed by atoms with Crippen molar-refractivity contribution in [3.05, 3.63) is 52.8 Å². The molecule has 1 saturated heterocycles. The molecule has 28 heavy (non-hydrogen) atoms. The number of nitrogens with two attached hydrogens (primary N) is 1. The summed E-state index contributed by atoms with van der Waals surface area (Å²) in [6.07, 6.45) is 0.759. The number of aliphatic imine (C=N–C) groups is 1. The maximum atomic E-state index is 13.9.